The summed E-state index contributed by atoms with van der Waals surface area (Å²) in [6, 6.07) is 0. The van der Waals surface area contributed by atoms with Gasteiger partial charge >= 0.3 is 0 Å². The molecule has 1 N–H and O–H groups in total. The Hall–Kier alpha value is -0.830. The maximum atomic E-state index is 4.25. The Kier molecular flexibility index (Phi) is 4.81. The van der Waals surface area contributed by atoms with Crippen LogP contribution in [-0.4, -0.2) is 16.1 Å². The quantitative estimate of drug-likeness (QED) is 0.838. The zero-order chi connectivity index (χ0) is 12.8. The zero-order valence-electron chi connectivity index (χ0n) is 11.9. The standard InChI is InChI=1S/C15H27N3/c1-3-9-18-13-17-11-14(18)10-16-12-15(2)7-5-4-6-8-15/h11,13,16H,3-10,12H2,1-2H3. The van der Waals surface area contributed by atoms with E-state index in [0.717, 1.165) is 19.6 Å². The summed E-state index contributed by atoms with van der Waals surface area (Å²) in [5, 5.41) is 3.64. The first-order valence-corrected chi connectivity index (χ1v) is 7.43. The number of nitrogens with one attached hydrogen (secondary N) is 1. The number of nitrogens with zero attached hydrogens (tertiary/aromatic N) is 2. The van der Waals surface area contributed by atoms with Gasteiger partial charge in [-0.15, -0.1) is 0 Å². The second-order valence-electron chi connectivity index (χ2n) is 6.05. The molecular formula is C15H27N3. The molecule has 0 atom stereocenters. The van der Waals surface area contributed by atoms with Gasteiger partial charge in [0.25, 0.3) is 0 Å². The number of hydrogen-bond acceptors (Lipinski definition) is 2. The average Bonchev–Trinajstić information content (AvgIpc) is 2.78. The van der Waals surface area contributed by atoms with Gasteiger partial charge in [-0.25, -0.2) is 4.98 Å². The normalized spacial score (nSPS) is 19.0. The first kappa shape index (κ1) is 13.6. The Morgan fingerprint density at radius 2 is 2.11 bits per heavy atom. The second kappa shape index (κ2) is 6.37. The lowest BCUT2D eigenvalue weighted by atomic mass is 9.76. The monoisotopic (exact) mass is 249 g/mol. The highest BCUT2D eigenvalue weighted by Gasteiger charge is 2.26. The maximum absolute atomic E-state index is 4.25. The van der Waals surface area contributed by atoms with Gasteiger partial charge in [0.15, 0.2) is 0 Å². The molecule has 0 unspecified atom stereocenters. The van der Waals surface area contributed by atoms with Gasteiger partial charge in [-0.05, 0) is 24.7 Å². The predicted octanol–water partition coefficient (Wildman–Crippen LogP) is 3.35. The molecule has 0 spiro atoms. The van der Waals surface area contributed by atoms with Crippen LogP contribution in [0.5, 0.6) is 0 Å². The van der Waals surface area contributed by atoms with E-state index in [1.54, 1.807) is 0 Å². The molecule has 1 aromatic heterocycles. The first-order valence-electron chi connectivity index (χ1n) is 7.43. The number of aryl methyl sites for hydroxylation is 1. The molecule has 1 saturated carbocycles. The van der Waals surface area contributed by atoms with E-state index in [9.17, 15) is 0 Å². The van der Waals surface area contributed by atoms with E-state index in [1.165, 1.54) is 44.2 Å². The molecule has 1 aliphatic rings. The third-order valence-corrected chi connectivity index (χ3v) is 4.18. The van der Waals surface area contributed by atoms with E-state index < -0.39 is 0 Å². The molecule has 1 heterocycles. The van der Waals surface area contributed by atoms with Crippen molar-refractivity contribution in [3.05, 3.63) is 18.2 Å². The van der Waals surface area contributed by atoms with E-state index >= 15 is 0 Å². The fourth-order valence-electron chi connectivity index (χ4n) is 3.01. The van der Waals surface area contributed by atoms with Crippen molar-refractivity contribution in [2.24, 2.45) is 5.41 Å². The van der Waals surface area contributed by atoms with Gasteiger partial charge < -0.3 is 9.88 Å². The van der Waals surface area contributed by atoms with E-state index in [-0.39, 0.29) is 0 Å². The summed E-state index contributed by atoms with van der Waals surface area (Å²) in [5.41, 5.74) is 1.84. The topological polar surface area (TPSA) is 29.9 Å². The van der Waals surface area contributed by atoms with Crippen molar-refractivity contribution in [1.82, 2.24) is 14.9 Å². The molecule has 2 rings (SSSR count). The molecule has 3 nitrogen and oxygen atoms in total. The SMILES string of the molecule is CCCn1cncc1CNCC1(C)CCCCC1. The van der Waals surface area contributed by atoms with Crippen LogP contribution in [0.1, 0.15) is 58.1 Å². The highest BCUT2D eigenvalue weighted by molar-refractivity contribution is 4.98. The van der Waals surface area contributed by atoms with E-state index in [2.05, 4.69) is 28.7 Å². The molecule has 0 aromatic carbocycles. The van der Waals surface area contributed by atoms with Gasteiger partial charge in [0, 0.05) is 25.8 Å². The van der Waals surface area contributed by atoms with Crippen molar-refractivity contribution in [2.75, 3.05) is 6.54 Å². The Bertz CT molecular complexity index is 350. The minimum absolute atomic E-state index is 0.522. The smallest absolute Gasteiger partial charge is 0.0948 e. The summed E-state index contributed by atoms with van der Waals surface area (Å²) in [5.74, 6) is 0. The maximum Gasteiger partial charge on any atom is 0.0948 e. The first-order chi connectivity index (χ1) is 8.73. The van der Waals surface area contributed by atoms with Crippen LogP contribution < -0.4 is 5.32 Å². The summed E-state index contributed by atoms with van der Waals surface area (Å²) in [7, 11) is 0. The molecule has 1 aliphatic carbocycles. The molecule has 0 bridgehead atoms. The molecule has 102 valence electrons. The number of imidazole rings is 1. The summed E-state index contributed by atoms with van der Waals surface area (Å²) in [6.45, 7) is 7.82. The third kappa shape index (κ3) is 3.58. The molecule has 0 saturated heterocycles. The molecule has 0 radical (unpaired) electrons. The highest BCUT2D eigenvalue weighted by atomic mass is 15.1. The number of rotatable bonds is 6. The number of hydrogen-bond donors (Lipinski definition) is 1. The lowest BCUT2D eigenvalue weighted by Gasteiger charge is -2.33. The summed E-state index contributed by atoms with van der Waals surface area (Å²) < 4.78 is 2.26. The Morgan fingerprint density at radius 3 is 2.83 bits per heavy atom. The van der Waals surface area contributed by atoms with Crippen LogP contribution in [0.15, 0.2) is 12.5 Å². The lowest BCUT2D eigenvalue weighted by molar-refractivity contribution is 0.207. The molecule has 1 aromatic rings. The van der Waals surface area contributed by atoms with Crippen LogP contribution in [0.4, 0.5) is 0 Å². The lowest BCUT2D eigenvalue weighted by Crippen LogP contribution is -2.33. The molecule has 0 amide bonds. The Morgan fingerprint density at radius 1 is 1.33 bits per heavy atom. The van der Waals surface area contributed by atoms with Crippen LogP contribution in [-0.2, 0) is 13.1 Å². The van der Waals surface area contributed by atoms with Crippen LogP contribution in [0.25, 0.3) is 0 Å². The minimum Gasteiger partial charge on any atom is -0.333 e. The van der Waals surface area contributed by atoms with Crippen molar-refractivity contribution in [3.63, 3.8) is 0 Å². The van der Waals surface area contributed by atoms with E-state index in [0.29, 0.717) is 5.41 Å². The Labute approximate surface area is 111 Å². The fraction of sp³-hybridized carbons (Fsp3) is 0.800. The molecule has 0 aliphatic heterocycles. The Balaban J connectivity index is 1.78. The molecule has 1 fully saturated rings. The van der Waals surface area contributed by atoms with E-state index in [1.807, 2.05) is 12.5 Å². The second-order valence-corrected chi connectivity index (χ2v) is 6.05. The van der Waals surface area contributed by atoms with Crippen molar-refractivity contribution < 1.29 is 0 Å². The van der Waals surface area contributed by atoms with Crippen molar-refractivity contribution >= 4 is 0 Å². The average molecular weight is 249 g/mol. The number of aromatic nitrogens is 2. The van der Waals surface area contributed by atoms with Crippen LogP contribution in [0.2, 0.25) is 0 Å². The molecular weight excluding hydrogens is 222 g/mol. The van der Waals surface area contributed by atoms with Crippen molar-refractivity contribution in [3.8, 4) is 0 Å². The molecule has 3 heteroatoms. The van der Waals surface area contributed by atoms with Gasteiger partial charge in [-0.2, -0.15) is 0 Å². The van der Waals surface area contributed by atoms with E-state index in [4.69, 9.17) is 0 Å². The summed E-state index contributed by atoms with van der Waals surface area (Å²) in [6.07, 6.45) is 12.1. The van der Waals surface area contributed by atoms with Gasteiger partial charge in [-0.3, -0.25) is 0 Å². The zero-order valence-corrected chi connectivity index (χ0v) is 11.9. The van der Waals surface area contributed by atoms with Crippen LogP contribution >= 0.6 is 0 Å². The van der Waals surface area contributed by atoms with Crippen LogP contribution in [0, 0.1) is 5.41 Å². The largest absolute Gasteiger partial charge is 0.333 e. The van der Waals surface area contributed by atoms with Gasteiger partial charge in [0.05, 0.1) is 12.0 Å². The summed E-state index contributed by atoms with van der Waals surface area (Å²) in [4.78, 5) is 4.25. The van der Waals surface area contributed by atoms with Crippen molar-refractivity contribution in [1.29, 1.82) is 0 Å². The van der Waals surface area contributed by atoms with Crippen LogP contribution in [0.3, 0.4) is 0 Å². The highest BCUT2D eigenvalue weighted by Crippen LogP contribution is 2.34. The van der Waals surface area contributed by atoms with Gasteiger partial charge in [-0.1, -0.05) is 33.1 Å². The molecule has 18 heavy (non-hydrogen) atoms. The third-order valence-electron chi connectivity index (χ3n) is 4.18. The van der Waals surface area contributed by atoms with Gasteiger partial charge in [0.1, 0.15) is 0 Å². The predicted molar refractivity (Wildman–Crippen MR) is 75.4 cm³/mol. The van der Waals surface area contributed by atoms with Crippen molar-refractivity contribution in [2.45, 2.75) is 65.5 Å². The minimum atomic E-state index is 0.522. The fourth-order valence-corrected chi connectivity index (χ4v) is 3.01. The van der Waals surface area contributed by atoms with Gasteiger partial charge in [0.2, 0.25) is 0 Å². The summed E-state index contributed by atoms with van der Waals surface area (Å²) >= 11 is 0.